The molecular weight excluding hydrogens is 363 g/mol. The van der Waals surface area contributed by atoms with Crippen LogP contribution in [0.15, 0.2) is 0 Å². The minimum atomic E-state index is 0. The van der Waals surface area contributed by atoms with Gasteiger partial charge < -0.3 is 20.3 Å². The average Bonchev–Trinajstić information content (AvgIpc) is 2.58. The van der Waals surface area contributed by atoms with Crippen molar-refractivity contribution in [3.05, 3.63) is 5.32 Å². The van der Waals surface area contributed by atoms with Gasteiger partial charge in [0.05, 0.1) is 0 Å². The Labute approximate surface area is 169 Å². The fourth-order valence-electron chi connectivity index (χ4n) is 2.81. The largest absolute Gasteiger partial charge is 0.662 e. The fourth-order valence-corrected chi connectivity index (χ4v) is 2.81. The van der Waals surface area contributed by atoms with Crippen molar-refractivity contribution in [2.75, 3.05) is 39.8 Å². The van der Waals surface area contributed by atoms with E-state index in [2.05, 4.69) is 22.6 Å². The van der Waals surface area contributed by atoms with E-state index in [0.717, 1.165) is 31.3 Å². The molecule has 1 radical (unpaired) electrons. The molecule has 0 amide bonds. The second-order valence-corrected chi connectivity index (χ2v) is 6.38. The molecule has 23 heavy (non-hydrogen) atoms. The fraction of sp³-hybridized carbons (Fsp3) is 0.944. The maximum Gasteiger partial charge on any atom is 0.122 e. The third-order valence-corrected chi connectivity index (χ3v) is 4.09. The van der Waals surface area contributed by atoms with Crippen molar-refractivity contribution in [1.82, 2.24) is 10.2 Å². The molecule has 2 fully saturated rings. The van der Waals surface area contributed by atoms with E-state index in [0.29, 0.717) is 0 Å². The van der Waals surface area contributed by atoms with Crippen LogP contribution in [0.25, 0.3) is 5.32 Å². The average molecular weight is 401 g/mol. The zero-order valence-corrected chi connectivity index (χ0v) is 18.9. The van der Waals surface area contributed by atoms with E-state index in [1.54, 1.807) is 0 Å². The Kier molecular flexibility index (Phi) is 19.7. The van der Waals surface area contributed by atoms with Crippen LogP contribution in [-0.4, -0.2) is 57.0 Å². The van der Waals surface area contributed by atoms with E-state index in [1.165, 1.54) is 45.3 Å². The maximum absolute atomic E-state index is 9.50. The van der Waals surface area contributed by atoms with Crippen molar-refractivity contribution in [3.8, 4) is 0 Å². The molecule has 5 heteroatoms. The van der Waals surface area contributed by atoms with Crippen LogP contribution in [0.5, 0.6) is 0 Å². The van der Waals surface area contributed by atoms with Gasteiger partial charge in [-0.2, -0.15) is 0 Å². The van der Waals surface area contributed by atoms with Crippen molar-refractivity contribution in [2.24, 2.45) is 11.8 Å². The summed E-state index contributed by atoms with van der Waals surface area (Å²) in [6.07, 6.45) is 6.27. The van der Waals surface area contributed by atoms with Gasteiger partial charge in [-0.15, -0.1) is 13.1 Å². The molecule has 2 aliphatic heterocycles. The molecule has 1 atom stereocenters. The summed E-state index contributed by atoms with van der Waals surface area (Å²) in [6, 6.07) is 0.729. The molecule has 2 saturated heterocycles. The van der Waals surface area contributed by atoms with Gasteiger partial charge in [0.2, 0.25) is 0 Å². The number of likely N-dealkylation sites (N-methyl/N-ethyl adjacent to an activating group) is 1. The van der Waals surface area contributed by atoms with Crippen LogP contribution >= 0.6 is 0 Å². The molecule has 1 unspecified atom stereocenters. The molecule has 0 aromatic carbocycles. The van der Waals surface area contributed by atoms with Crippen LogP contribution in [0.3, 0.4) is 0 Å². The molecule has 135 valence electrons. The van der Waals surface area contributed by atoms with Crippen molar-refractivity contribution in [1.29, 1.82) is 0 Å². The second-order valence-electron chi connectivity index (χ2n) is 6.38. The van der Waals surface area contributed by atoms with Crippen LogP contribution in [0.4, 0.5) is 0 Å². The van der Waals surface area contributed by atoms with Gasteiger partial charge in [-0.3, -0.25) is 0 Å². The number of carbonyl (C=O) groups is 1. The van der Waals surface area contributed by atoms with E-state index in [-0.39, 0.29) is 38.6 Å². The molecule has 1 N–H and O–H groups in total. The van der Waals surface area contributed by atoms with Gasteiger partial charge in [0, 0.05) is 57.8 Å². The number of aldehydes is 1. The standard InChI is InChI=1S/C12H24N3.C4H8O.C2H6.Y/c1-13-12-3-2-8-15(10-12)9-11-4-6-14-7-5-11;1-4(2)3-5;1-2;/h11-13H,2-10H2,1H3;3-4H,1-2H3;1-2H3;/q-1;;;. The normalized spacial score (nSPS) is 22.1. The predicted octanol–water partition coefficient (Wildman–Crippen LogP) is 3.32. The molecule has 0 aromatic heterocycles. The molecule has 0 spiro atoms. The Morgan fingerprint density at radius 3 is 2.26 bits per heavy atom. The van der Waals surface area contributed by atoms with Gasteiger partial charge in [0.1, 0.15) is 6.29 Å². The van der Waals surface area contributed by atoms with E-state index in [9.17, 15) is 4.79 Å². The summed E-state index contributed by atoms with van der Waals surface area (Å²) in [4.78, 5) is 12.2. The third-order valence-electron chi connectivity index (χ3n) is 4.09. The number of carbonyl (C=O) groups excluding carboxylic acids is 1. The molecule has 4 nitrogen and oxygen atoms in total. The summed E-state index contributed by atoms with van der Waals surface area (Å²) < 4.78 is 0. The van der Waals surface area contributed by atoms with Crippen molar-refractivity contribution in [3.63, 3.8) is 0 Å². The van der Waals surface area contributed by atoms with Gasteiger partial charge in [-0.1, -0.05) is 40.5 Å². The summed E-state index contributed by atoms with van der Waals surface area (Å²) in [5.74, 6) is 1.12. The van der Waals surface area contributed by atoms with Crippen molar-refractivity contribution >= 4 is 6.29 Å². The summed E-state index contributed by atoms with van der Waals surface area (Å²) >= 11 is 0. The molecule has 2 rings (SSSR count). The Bertz CT molecular complexity index is 259. The van der Waals surface area contributed by atoms with Gasteiger partial charge in [0.25, 0.3) is 0 Å². The first-order valence-electron chi connectivity index (χ1n) is 9.13. The van der Waals surface area contributed by atoms with Crippen LogP contribution < -0.4 is 5.32 Å². The van der Waals surface area contributed by atoms with Crippen LogP contribution in [0, 0.1) is 11.8 Å². The number of nitrogens with zero attached hydrogens (tertiary/aromatic N) is 2. The number of likely N-dealkylation sites (tertiary alicyclic amines) is 1. The number of hydrogen-bond donors (Lipinski definition) is 1. The minimum Gasteiger partial charge on any atom is -0.662 e. The summed E-state index contributed by atoms with van der Waals surface area (Å²) in [5.41, 5.74) is 0. The van der Waals surface area contributed by atoms with Crippen LogP contribution in [0.1, 0.15) is 53.4 Å². The molecule has 0 bridgehead atoms. The zero-order valence-electron chi connectivity index (χ0n) is 16.1. The third kappa shape index (κ3) is 13.6. The Hall–Kier alpha value is 0.654. The predicted molar refractivity (Wildman–Crippen MR) is 96.6 cm³/mol. The topological polar surface area (TPSA) is 46.4 Å². The first kappa shape index (κ1) is 25.9. The second kappa shape index (κ2) is 17.5. The Morgan fingerprint density at radius 2 is 1.78 bits per heavy atom. The van der Waals surface area contributed by atoms with Crippen molar-refractivity contribution < 1.29 is 37.5 Å². The van der Waals surface area contributed by atoms with Gasteiger partial charge in [0.15, 0.2) is 0 Å². The number of hydrogen-bond acceptors (Lipinski definition) is 3. The SMILES string of the molecule is CC.CC(C)C=O.CNC1CCCN(CC2CC[N-]CC2)C1.[Y]. The number of nitrogens with one attached hydrogen (secondary N) is 1. The first-order chi connectivity index (χ1) is 10.7. The zero-order chi connectivity index (χ0) is 16.8. The monoisotopic (exact) mass is 401 g/mol. The van der Waals surface area contributed by atoms with Gasteiger partial charge >= 0.3 is 0 Å². The van der Waals surface area contributed by atoms with Crippen LogP contribution in [0.2, 0.25) is 0 Å². The Balaban J connectivity index is 0. The minimum absolute atomic E-state index is 0. The molecule has 0 saturated carbocycles. The van der Waals surface area contributed by atoms with Gasteiger partial charge in [-0.05, 0) is 32.4 Å². The quantitative estimate of drug-likeness (QED) is 0.736. The molecule has 2 aliphatic rings. The van der Waals surface area contributed by atoms with Crippen LogP contribution in [-0.2, 0) is 37.5 Å². The summed E-state index contributed by atoms with van der Waals surface area (Å²) in [6.45, 7) is 13.8. The molecular formula is C18H38N3OY-. The summed E-state index contributed by atoms with van der Waals surface area (Å²) in [5, 5.41) is 7.83. The summed E-state index contributed by atoms with van der Waals surface area (Å²) in [7, 11) is 2.09. The van der Waals surface area contributed by atoms with E-state index in [4.69, 9.17) is 0 Å². The molecule has 0 aliphatic carbocycles. The van der Waals surface area contributed by atoms with E-state index in [1.807, 2.05) is 27.7 Å². The van der Waals surface area contributed by atoms with Crippen molar-refractivity contribution in [2.45, 2.75) is 59.4 Å². The maximum atomic E-state index is 9.50. The number of piperidine rings is 2. The molecule has 0 aromatic rings. The first-order valence-corrected chi connectivity index (χ1v) is 9.13. The van der Waals surface area contributed by atoms with E-state index >= 15 is 0 Å². The molecule has 2 heterocycles. The number of rotatable bonds is 4. The Morgan fingerprint density at radius 1 is 1.22 bits per heavy atom. The van der Waals surface area contributed by atoms with E-state index < -0.39 is 0 Å². The smallest absolute Gasteiger partial charge is 0.122 e. The van der Waals surface area contributed by atoms with Gasteiger partial charge in [-0.25, -0.2) is 0 Å².